The summed E-state index contributed by atoms with van der Waals surface area (Å²) in [5.74, 6) is 3.27. The van der Waals surface area contributed by atoms with Gasteiger partial charge in [-0.05, 0) is 43.1 Å². The Balaban J connectivity index is 1.74. The van der Waals surface area contributed by atoms with Crippen molar-refractivity contribution in [2.75, 3.05) is 19.6 Å². The SMILES string of the molecule is CC(C)CC(=O)N1C[C@H]2CC[C@H]1[C@@H]1CNC[C@@H]21. The van der Waals surface area contributed by atoms with Gasteiger partial charge in [0.05, 0.1) is 0 Å². The second kappa shape index (κ2) is 4.27. The lowest BCUT2D eigenvalue weighted by atomic mass is 9.66. The van der Waals surface area contributed by atoms with E-state index in [1.807, 2.05) is 0 Å². The van der Waals surface area contributed by atoms with Crippen molar-refractivity contribution in [1.29, 1.82) is 0 Å². The molecule has 0 aromatic carbocycles. The number of hydrogen-bond acceptors (Lipinski definition) is 2. The van der Waals surface area contributed by atoms with Gasteiger partial charge in [0.1, 0.15) is 0 Å². The third-order valence-electron chi connectivity index (χ3n) is 4.98. The molecule has 1 amide bonds. The van der Waals surface area contributed by atoms with Crippen molar-refractivity contribution in [1.82, 2.24) is 10.2 Å². The molecule has 3 heterocycles. The van der Waals surface area contributed by atoms with Gasteiger partial charge in [-0.1, -0.05) is 13.8 Å². The van der Waals surface area contributed by atoms with Crippen molar-refractivity contribution >= 4 is 5.91 Å². The molecule has 3 saturated heterocycles. The molecule has 4 rings (SSSR count). The molecule has 0 radical (unpaired) electrons. The molecule has 4 aliphatic rings. The quantitative estimate of drug-likeness (QED) is 0.788. The minimum atomic E-state index is 0.403. The summed E-state index contributed by atoms with van der Waals surface area (Å²) in [6.07, 6.45) is 3.32. The first-order valence-corrected chi connectivity index (χ1v) is 7.17. The fourth-order valence-electron chi connectivity index (χ4n) is 4.22. The van der Waals surface area contributed by atoms with E-state index in [0.717, 1.165) is 37.3 Å². The maximum atomic E-state index is 12.3. The molecule has 17 heavy (non-hydrogen) atoms. The first-order chi connectivity index (χ1) is 8.16. The normalized spacial score (nSPS) is 39.8. The van der Waals surface area contributed by atoms with Gasteiger partial charge in [-0.25, -0.2) is 0 Å². The number of piperidine rings is 2. The van der Waals surface area contributed by atoms with Crippen LogP contribution in [0, 0.1) is 23.7 Å². The van der Waals surface area contributed by atoms with Crippen LogP contribution in [0.3, 0.4) is 0 Å². The second-order valence-electron chi connectivity index (χ2n) is 6.53. The molecule has 3 aliphatic heterocycles. The molecular weight excluding hydrogens is 212 g/mol. The van der Waals surface area contributed by atoms with Crippen molar-refractivity contribution in [3.05, 3.63) is 0 Å². The Bertz CT molecular complexity index is 315. The summed E-state index contributed by atoms with van der Waals surface area (Å²) in [6, 6.07) is 0.547. The third kappa shape index (κ3) is 1.88. The standard InChI is InChI=1S/C14H24N2O/c1-9(2)5-14(17)16-8-10-3-4-13(16)12-7-15-6-11(10)12/h9-13,15H,3-8H2,1-2H3/t10-,11+,12-,13+/m1/s1. The van der Waals surface area contributed by atoms with Crippen LogP contribution in [0.1, 0.15) is 33.1 Å². The number of rotatable bonds is 2. The molecule has 0 unspecified atom stereocenters. The molecule has 4 fully saturated rings. The van der Waals surface area contributed by atoms with E-state index in [4.69, 9.17) is 0 Å². The number of amides is 1. The van der Waals surface area contributed by atoms with Crippen molar-refractivity contribution < 1.29 is 4.79 Å². The average Bonchev–Trinajstić information content (AvgIpc) is 2.79. The average molecular weight is 236 g/mol. The van der Waals surface area contributed by atoms with Gasteiger partial charge in [0, 0.05) is 25.6 Å². The fourth-order valence-corrected chi connectivity index (χ4v) is 4.22. The lowest BCUT2D eigenvalue weighted by Gasteiger charge is -2.52. The van der Waals surface area contributed by atoms with Gasteiger partial charge in [-0.3, -0.25) is 4.79 Å². The molecule has 1 saturated carbocycles. The molecule has 1 N–H and O–H groups in total. The van der Waals surface area contributed by atoms with Crippen LogP contribution in [0.5, 0.6) is 0 Å². The monoisotopic (exact) mass is 236 g/mol. The van der Waals surface area contributed by atoms with Crippen LogP contribution >= 0.6 is 0 Å². The van der Waals surface area contributed by atoms with Crippen LogP contribution in [0.15, 0.2) is 0 Å². The van der Waals surface area contributed by atoms with Gasteiger partial charge in [-0.15, -0.1) is 0 Å². The van der Waals surface area contributed by atoms with Crippen LogP contribution < -0.4 is 5.32 Å². The fraction of sp³-hybridized carbons (Fsp3) is 0.929. The highest BCUT2D eigenvalue weighted by atomic mass is 16.2. The zero-order valence-electron chi connectivity index (χ0n) is 11.0. The summed E-state index contributed by atoms with van der Waals surface area (Å²) in [7, 11) is 0. The molecule has 2 bridgehead atoms. The topological polar surface area (TPSA) is 32.3 Å². The van der Waals surface area contributed by atoms with Crippen molar-refractivity contribution in [3.63, 3.8) is 0 Å². The Morgan fingerprint density at radius 2 is 2.06 bits per heavy atom. The van der Waals surface area contributed by atoms with E-state index in [1.165, 1.54) is 19.4 Å². The number of nitrogens with one attached hydrogen (secondary N) is 1. The van der Waals surface area contributed by atoms with Crippen LogP contribution in [-0.4, -0.2) is 36.5 Å². The highest BCUT2D eigenvalue weighted by molar-refractivity contribution is 5.77. The second-order valence-corrected chi connectivity index (χ2v) is 6.53. The number of carbonyl (C=O) groups excluding carboxylic acids is 1. The molecule has 3 heteroatoms. The van der Waals surface area contributed by atoms with E-state index >= 15 is 0 Å². The van der Waals surface area contributed by atoms with Gasteiger partial charge in [0.2, 0.25) is 5.91 Å². The Morgan fingerprint density at radius 3 is 2.82 bits per heavy atom. The summed E-state index contributed by atoms with van der Waals surface area (Å²) < 4.78 is 0. The van der Waals surface area contributed by atoms with Crippen LogP contribution in [0.2, 0.25) is 0 Å². The lowest BCUT2D eigenvalue weighted by molar-refractivity contribution is -0.144. The molecule has 4 atom stereocenters. The Morgan fingerprint density at radius 1 is 1.29 bits per heavy atom. The number of carbonyl (C=O) groups is 1. The highest BCUT2D eigenvalue weighted by Crippen LogP contribution is 2.45. The Kier molecular flexibility index (Phi) is 2.89. The van der Waals surface area contributed by atoms with Gasteiger partial charge < -0.3 is 10.2 Å². The van der Waals surface area contributed by atoms with Gasteiger partial charge in [0.15, 0.2) is 0 Å². The third-order valence-corrected chi connectivity index (χ3v) is 4.98. The highest BCUT2D eigenvalue weighted by Gasteiger charge is 2.50. The van der Waals surface area contributed by atoms with E-state index in [9.17, 15) is 4.79 Å². The van der Waals surface area contributed by atoms with Gasteiger partial charge in [-0.2, -0.15) is 0 Å². The smallest absolute Gasteiger partial charge is 0.223 e. The van der Waals surface area contributed by atoms with Crippen molar-refractivity contribution in [2.45, 2.75) is 39.2 Å². The largest absolute Gasteiger partial charge is 0.339 e. The van der Waals surface area contributed by atoms with Crippen LogP contribution in [0.4, 0.5) is 0 Å². The predicted molar refractivity (Wildman–Crippen MR) is 67.5 cm³/mol. The Labute approximate surface area is 104 Å². The van der Waals surface area contributed by atoms with E-state index in [0.29, 0.717) is 17.9 Å². The maximum Gasteiger partial charge on any atom is 0.223 e. The van der Waals surface area contributed by atoms with Crippen molar-refractivity contribution in [3.8, 4) is 0 Å². The molecule has 96 valence electrons. The molecular formula is C14H24N2O. The molecule has 0 aromatic heterocycles. The van der Waals surface area contributed by atoms with E-state index in [-0.39, 0.29) is 0 Å². The minimum Gasteiger partial charge on any atom is -0.339 e. The zero-order valence-corrected chi connectivity index (χ0v) is 11.0. The van der Waals surface area contributed by atoms with E-state index in [1.54, 1.807) is 0 Å². The predicted octanol–water partition coefficient (Wildman–Crippen LogP) is 1.49. The van der Waals surface area contributed by atoms with Gasteiger partial charge >= 0.3 is 0 Å². The maximum absolute atomic E-state index is 12.3. The summed E-state index contributed by atoms with van der Waals surface area (Å²) in [4.78, 5) is 14.5. The summed E-state index contributed by atoms with van der Waals surface area (Å²) in [5, 5.41) is 3.53. The minimum absolute atomic E-state index is 0.403. The zero-order chi connectivity index (χ0) is 12.0. The first-order valence-electron chi connectivity index (χ1n) is 7.17. The number of nitrogens with zero attached hydrogens (tertiary/aromatic N) is 1. The van der Waals surface area contributed by atoms with Crippen LogP contribution in [-0.2, 0) is 4.79 Å². The Hall–Kier alpha value is -0.570. The lowest BCUT2D eigenvalue weighted by Crippen LogP contribution is -2.59. The molecule has 1 aliphatic carbocycles. The summed E-state index contributed by atoms with van der Waals surface area (Å²) >= 11 is 0. The van der Waals surface area contributed by atoms with E-state index < -0.39 is 0 Å². The molecule has 3 nitrogen and oxygen atoms in total. The number of fused-ring (bicyclic) bond motifs is 2. The first kappa shape index (κ1) is 11.5. The van der Waals surface area contributed by atoms with Crippen molar-refractivity contribution in [2.24, 2.45) is 23.7 Å². The van der Waals surface area contributed by atoms with Crippen LogP contribution in [0.25, 0.3) is 0 Å². The molecule has 0 aromatic rings. The van der Waals surface area contributed by atoms with E-state index in [2.05, 4.69) is 24.1 Å². The molecule has 0 spiro atoms. The summed E-state index contributed by atoms with van der Waals surface area (Å²) in [6.45, 7) is 7.65. The number of hydrogen-bond donors (Lipinski definition) is 1. The summed E-state index contributed by atoms with van der Waals surface area (Å²) in [5.41, 5.74) is 0. The van der Waals surface area contributed by atoms with Gasteiger partial charge in [0.25, 0.3) is 0 Å².